The summed E-state index contributed by atoms with van der Waals surface area (Å²) in [5.74, 6) is -0.0759. The maximum absolute atomic E-state index is 13.3. The average Bonchev–Trinajstić information content (AvgIpc) is 2.82. The Hall–Kier alpha value is -1.97. The van der Waals surface area contributed by atoms with Crippen LogP contribution in [0.4, 0.5) is 4.39 Å². The molecule has 0 amide bonds. The maximum atomic E-state index is 13.3. The minimum absolute atomic E-state index is 0.0666. The number of ether oxygens (including phenoxy) is 1. The van der Waals surface area contributed by atoms with Crippen molar-refractivity contribution in [3.63, 3.8) is 0 Å². The predicted octanol–water partition coefficient (Wildman–Crippen LogP) is 2.94. The molecule has 0 aliphatic heterocycles. The summed E-state index contributed by atoms with van der Waals surface area (Å²) in [7, 11) is 1.46. The van der Waals surface area contributed by atoms with E-state index in [-0.39, 0.29) is 17.6 Å². The van der Waals surface area contributed by atoms with Gasteiger partial charge in [0.1, 0.15) is 0 Å². The lowest BCUT2D eigenvalue weighted by Crippen LogP contribution is -2.17. The van der Waals surface area contributed by atoms with Gasteiger partial charge in [-0.1, -0.05) is 6.07 Å². The molecule has 4 heteroatoms. The minimum atomic E-state index is -0.343. The summed E-state index contributed by atoms with van der Waals surface area (Å²) in [5, 5.41) is 0. The standard InChI is InChI=1S/C13H15FN2O/c1-10(15-16-7-3-4-8-16)11-5-6-12(14)13(9-11)17-2/h3-10,15H,1-2H3. The molecule has 1 N–H and O–H groups in total. The summed E-state index contributed by atoms with van der Waals surface area (Å²) in [6.07, 6.45) is 3.83. The van der Waals surface area contributed by atoms with Gasteiger partial charge in [0.15, 0.2) is 11.6 Å². The van der Waals surface area contributed by atoms with Crippen molar-refractivity contribution in [3.8, 4) is 5.75 Å². The van der Waals surface area contributed by atoms with Crippen LogP contribution in [0.3, 0.4) is 0 Å². The van der Waals surface area contributed by atoms with Gasteiger partial charge in [-0.15, -0.1) is 0 Å². The zero-order valence-corrected chi connectivity index (χ0v) is 9.85. The van der Waals surface area contributed by atoms with E-state index in [1.54, 1.807) is 12.1 Å². The van der Waals surface area contributed by atoms with E-state index in [1.807, 2.05) is 36.1 Å². The molecule has 1 atom stereocenters. The number of nitrogens with zero attached hydrogens (tertiary/aromatic N) is 1. The van der Waals surface area contributed by atoms with Gasteiger partial charge in [0.2, 0.25) is 0 Å². The number of aromatic nitrogens is 1. The Morgan fingerprint density at radius 1 is 1.29 bits per heavy atom. The van der Waals surface area contributed by atoms with E-state index < -0.39 is 0 Å². The zero-order valence-electron chi connectivity index (χ0n) is 9.85. The van der Waals surface area contributed by atoms with Crippen LogP contribution in [-0.4, -0.2) is 11.8 Å². The molecule has 1 unspecified atom stereocenters. The lowest BCUT2D eigenvalue weighted by molar-refractivity contribution is 0.385. The molecular formula is C13H15FN2O. The number of hydrogen-bond acceptors (Lipinski definition) is 2. The SMILES string of the molecule is COc1cc(C(C)Nn2cccc2)ccc1F. The van der Waals surface area contributed by atoms with Gasteiger partial charge in [-0.05, 0) is 36.8 Å². The Balaban J connectivity index is 2.16. The lowest BCUT2D eigenvalue weighted by atomic mass is 10.1. The highest BCUT2D eigenvalue weighted by molar-refractivity contribution is 5.32. The Morgan fingerprint density at radius 2 is 2.00 bits per heavy atom. The highest BCUT2D eigenvalue weighted by Crippen LogP contribution is 2.22. The largest absolute Gasteiger partial charge is 0.494 e. The van der Waals surface area contributed by atoms with Crippen molar-refractivity contribution in [1.29, 1.82) is 0 Å². The Morgan fingerprint density at radius 3 is 2.65 bits per heavy atom. The summed E-state index contributed by atoms with van der Waals surface area (Å²) >= 11 is 0. The third-order valence-corrected chi connectivity index (χ3v) is 2.62. The Bertz CT molecular complexity index is 482. The van der Waals surface area contributed by atoms with Crippen LogP contribution in [0.25, 0.3) is 0 Å². The van der Waals surface area contributed by atoms with E-state index in [0.717, 1.165) is 5.56 Å². The molecule has 0 aliphatic carbocycles. The van der Waals surface area contributed by atoms with Crippen molar-refractivity contribution in [2.24, 2.45) is 0 Å². The van der Waals surface area contributed by atoms with Crippen molar-refractivity contribution in [2.45, 2.75) is 13.0 Å². The second kappa shape index (κ2) is 4.91. The zero-order chi connectivity index (χ0) is 12.3. The van der Waals surface area contributed by atoms with Crippen LogP contribution in [0.15, 0.2) is 42.7 Å². The number of hydrogen-bond donors (Lipinski definition) is 1. The van der Waals surface area contributed by atoms with Crippen molar-refractivity contribution < 1.29 is 9.13 Å². The summed E-state index contributed by atoms with van der Waals surface area (Å²) in [6, 6.07) is 8.81. The molecule has 0 aliphatic rings. The first-order valence-electron chi connectivity index (χ1n) is 5.43. The van der Waals surface area contributed by atoms with Crippen molar-refractivity contribution in [1.82, 2.24) is 4.68 Å². The summed E-state index contributed by atoms with van der Waals surface area (Å²) in [5.41, 5.74) is 4.22. The fraction of sp³-hybridized carbons (Fsp3) is 0.231. The number of methoxy groups -OCH3 is 1. The van der Waals surface area contributed by atoms with Crippen LogP contribution < -0.4 is 10.2 Å². The quantitative estimate of drug-likeness (QED) is 0.880. The van der Waals surface area contributed by atoms with Crippen LogP contribution in [-0.2, 0) is 0 Å². The van der Waals surface area contributed by atoms with Gasteiger partial charge in [-0.3, -0.25) is 4.68 Å². The lowest BCUT2D eigenvalue weighted by Gasteiger charge is -2.17. The molecule has 2 aromatic rings. The summed E-state index contributed by atoms with van der Waals surface area (Å²) < 4.78 is 20.1. The monoisotopic (exact) mass is 234 g/mol. The second-order valence-electron chi connectivity index (χ2n) is 3.84. The van der Waals surface area contributed by atoms with Gasteiger partial charge in [0, 0.05) is 12.4 Å². The molecule has 1 aromatic heterocycles. The van der Waals surface area contributed by atoms with Crippen LogP contribution in [0.2, 0.25) is 0 Å². The molecule has 0 bridgehead atoms. The van der Waals surface area contributed by atoms with Crippen molar-refractivity contribution >= 4 is 0 Å². The van der Waals surface area contributed by atoms with Gasteiger partial charge < -0.3 is 10.2 Å². The van der Waals surface area contributed by atoms with E-state index in [9.17, 15) is 4.39 Å². The fourth-order valence-electron chi connectivity index (χ4n) is 1.66. The highest BCUT2D eigenvalue weighted by atomic mass is 19.1. The van der Waals surface area contributed by atoms with Crippen molar-refractivity contribution in [2.75, 3.05) is 12.5 Å². The molecule has 0 radical (unpaired) electrons. The average molecular weight is 234 g/mol. The van der Waals surface area contributed by atoms with Crippen molar-refractivity contribution in [3.05, 3.63) is 54.1 Å². The molecule has 0 saturated carbocycles. The normalized spacial score (nSPS) is 12.2. The van der Waals surface area contributed by atoms with E-state index in [2.05, 4.69) is 5.43 Å². The summed E-state index contributed by atoms with van der Waals surface area (Å²) in [4.78, 5) is 0. The third-order valence-electron chi connectivity index (χ3n) is 2.62. The van der Waals surface area contributed by atoms with Gasteiger partial charge in [0.05, 0.1) is 13.2 Å². The molecular weight excluding hydrogens is 219 g/mol. The molecule has 0 spiro atoms. The van der Waals surface area contributed by atoms with E-state index >= 15 is 0 Å². The number of halogens is 1. The molecule has 17 heavy (non-hydrogen) atoms. The smallest absolute Gasteiger partial charge is 0.165 e. The number of nitrogens with one attached hydrogen (secondary N) is 1. The molecule has 0 fully saturated rings. The minimum Gasteiger partial charge on any atom is -0.494 e. The molecule has 1 heterocycles. The molecule has 0 saturated heterocycles. The molecule has 2 rings (SSSR count). The van der Waals surface area contributed by atoms with Crippen LogP contribution in [0.1, 0.15) is 18.5 Å². The van der Waals surface area contributed by atoms with E-state index in [4.69, 9.17) is 4.74 Å². The van der Waals surface area contributed by atoms with Crippen LogP contribution in [0, 0.1) is 5.82 Å². The van der Waals surface area contributed by atoms with Gasteiger partial charge in [-0.25, -0.2) is 4.39 Å². The van der Waals surface area contributed by atoms with Gasteiger partial charge >= 0.3 is 0 Å². The van der Waals surface area contributed by atoms with Gasteiger partial charge in [0.25, 0.3) is 0 Å². The second-order valence-corrected chi connectivity index (χ2v) is 3.84. The molecule has 3 nitrogen and oxygen atoms in total. The molecule has 1 aromatic carbocycles. The van der Waals surface area contributed by atoms with E-state index in [0.29, 0.717) is 0 Å². The topological polar surface area (TPSA) is 26.2 Å². The first-order valence-corrected chi connectivity index (χ1v) is 5.43. The number of benzene rings is 1. The first kappa shape index (κ1) is 11.5. The maximum Gasteiger partial charge on any atom is 0.165 e. The van der Waals surface area contributed by atoms with Crippen LogP contribution >= 0.6 is 0 Å². The third kappa shape index (κ3) is 2.58. The Kier molecular flexibility index (Phi) is 3.32. The highest BCUT2D eigenvalue weighted by Gasteiger charge is 2.09. The van der Waals surface area contributed by atoms with Gasteiger partial charge in [-0.2, -0.15) is 0 Å². The van der Waals surface area contributed by atoms with E-state index in [1.165, 1.54) is 13.2 Å². The summed E-state index contributed by atoms with van der Waals surface area (Å²) in [6.45, 7) is 2.01. The van der Waals surface area contributed by atoms with Crippen LogP contribution in [0.5, 0.6) is 5.75 Å². The first-order chi connectivity index (χ1) is 8.20. The number of rotatable bonds is 4. The molecule has 90 valence electrons. The fourth-order valence-corrected chi connectivity index (χ4v) is 1.66. The Labute approximate surface area is 99.8 Å². The predicted molar refractivity (Wildman–Crippen MR) is 65.2 cm³/mol.